The number of anilines is 1. The number of ether oxygens (including phenoxy) is 1. The Balaban J connectivity index is 1.17. The Morgan fingerprint density at radius 2 is 2.04 bits per heavy atom. The van der Waals surface area contributed by atoms with Gasteiger partial charge in [0.2, 0.25) is 5.91 Å². The number of benzene rings is 1. The Hall–Kier alpha value is -4.81. The molecule has 0 atom stereocenters. The molecule has 4 aliphatic rings. The van der Waals surface area contributed by atoms with Crippen molar-refractivity contribution in [3.05, 3.63) is 53.4 Å². The number of alkyl halides is 2. The summed E-state index contributed by atoms with van der Waals surface area (Å²) in [5, 5.41) is 21.9. The normalized spacial score (nSPS) is 18.7. The summed E-state index contributed by atoms with van der Waals surface area (Å²) in [6.07, 6.45) is 12.4. The fraction of sp³-hybridized carbons (Fsp3) is 0.387. The van der Waals surface area contributed by atoms with Gasteiger partial charge >= 0.3 is 6.61 Å². The minimum Gasteiger partial charge on any atom is -0.434 e. The second-order valence-electron chi connectivity index (χ2n) is 11.8. The lowest BCUT2D eigenvalue weighted by molar-refractivity contribution is -0.133. The molecular formula is C31H31F2N9O3S. The van der Waals surface area contributed by atoms with E-state index in [4.69, 9.17) is 15.6 Å². The van der Waals surface area contributed by atoms with Crippen LogP contribution in [0.25, 0.3) is 21.3 Å². The molecule has 0 bridgehead atoms. The van der Waals surface area contributed by atoms with Crippen molar-refractivity contribution in [2.75, 3.05) is 31.2 Å². The third-order valence-corrected chi connectivity index (χ3v) is 9.89. The van der Waals surface area contributed by atoms with Gasteiger partial charge in [-0.3, -0.25) is 19.3 Å². The summed E-state index contributed by atoms with van der Waals surface area (Å²) in [7, 11) is 0. The van der Waals surface area contributed by atoms with Gasteiger partial charge in [0.15, 0.2) is 0 Å². The quantitative estimate of drug-likeness (QED) is 0.338. The number of aromatic nitrogens is 2. The number of likely N-dealkylation sites (tertiary alicyclic amines) is 1. The van der Waals surface area contributed by atoms with E-state index in [1.165, 1.54) is 10.7 Å². The van der Waals surface area contributed by atoms with Crippen molar-refractivity contribution in [2.45, 2.75) is 44.9 Å². The average molecular weight is 648 g/mol. The SMILES string of the molecule is N#CC1(CNC2CCN(C(=O)Cn3cc(N4CC=C5N=CC=CN54)c(-c4cc5sc(C(N)=O)cc5cc4OC(F)F)n3)CC2)CC1. The molecule has 0 unspecified atom stereocenters. The van der Waals surface area contributed by atoms with E-state index in [9.17, 15) is 23.6 Å². The van der Waals surface area contributed by atoms with Gasteiger partial charge < -0.3 is 20.7 Å². The molecule has 1 saturated heterocycles. The molecule has 1 aliphatic carbocycles. The number of primary amides is 1. The molecule has 3 aromatic rings. The molecule has 7 rings (SSSR count). The van der Waals surface area contributed by atoms with Crippen LogP contribution in [0.15, 0.2) is 53.6 Å². The fourth-order valence-corrected chi connectivity index (χ4v) is 6.96. The second kappa shape index (κ2) is 11.8. The summed E-state index contributed by atoms with van der Waals surface area (Å²) in [5.41, 5.74) is 6.43. The number of carbonyl (C=O) groups excluding carboxylic acids is 2. The molecule has 46 heavy (non-hydrogen) atoms. The van der Waals surface area contributed by atoms with Gasteiger partial charge in [0.05, 0.1) is 29.1 Å². The van der Waals surface area contributed by atoms with Crippen molar-refractivity contribution in [3.8, 4) is 23.1 Å². The minimum absolute atomic E-state index is 0.0527. The van der Waals surface area contributed by atoms with Crippen molar-refractivity contribution in [1.29, 1.82) is 5.26 Å². The Bertz CT molecular complexity index is 1830. The van der Waals surface area contributed by atoms with Crippen molar-refractivity contribution < 1.29 is 23.1 Å². The van der Waals surface area contributed by atoms with Crippen LogP contribution in [0.5, 0.6) is 5.75 Å². The van der Waals surface area contributed by atoms with Gasteiger partial charge in [0.25, 0.3) is 5.91 Å². The number of hydrazine groups is 1. The number of hydrogen-bond donors (Lipinski definition) is 2. The van der Waals surface area contributed by atoms with E-state index in [1.807, 2.05) is 27.2 Å². The summed E-state index contributed by atoms with van der Waals surface area (Å²) >= 11 is 1.15. The summed E-state index contributed by atoms with van der Waals surface area (Å²) in [5.74, 6) is -0.154. The molecule has 2 aromatic heterocycles. The van der Waals surface area contributed by atoms with Crippen LogP contribution in [-0.2, 0) is 11.3 Å². The monoisotopic (exact) mass is 647 g/mol. The number of piperidine rings is 1. The number of hydrogen-bond acceptors (Lipinski definition) is 10. The summed E-state index contributed by atoms with van der Waals surface area (Å²) < 4.78 is 34.5. The third kappa shape index (κ3) is 5.81. The van der Waals surface area contributed by atoms with Crippen molar-refractivity contribution in [1.82, 2.24) is 25.0 Å². The molecule has 0 radical (unpaired) electrons. The lowest BCUT2D eigenvalue weighted by Crippen LogP contribution is -2.46. The van der Waals surface area contributed by atoms with Gasteiger partial charge in [-0.25, -0.2) is 10.0 Å². The summed E-state index contributed by atoms with van der Waals surface area (Å²) in [6.45, 7) is -0.890. The first kappa shape index (κ1) is 29.9. The predicted octanol–water partition coefficient (Wildman–Crippen LogP) is 3.83. The molecular weight excluding hydrogens is 616 g/mol. The molecule has 3 aliphatic heterocycles. The first-order chi connectivity index (χ1) is 22.2. The highest BCUT2D eigenvalue weighted by Gasteiger charge is 2.43. The Morgan fingerprint density at radius 3 is 2.76 bits per heavy atom. The van der Waals surface area contributed by atoms with Crippen LogP contribution in [0.1, 0.15) is 35.4 Å². The number of nitrogens with zero attached hydrogens (tertiary/aromatic N) is 7. The zero-order chi connectivity index (χ0) is 32.0. The maximum Gasteiger partial charge on any atom is 0.387 e. The number of carbonyl (C=O) groups is 2. The van der Waals surface area contributed by atoms with Gasteiger partial charge in [-0.05, 0) is 61.4 Å². The highest BCUT2D eigenvalue weighted by molar-refractivity contribution is 7.20. The van der Waals surface area contributed by atoms with Gasteiger partial charge in [0, 0.05) is 48.4 Å². The van der Waals surface area contributed by atoms with Crippen molar-refractivity contribution >= 4 is 45.1 Å². The predicted molar refractivity (Wildman–Crippen MR) is 168 cm³/mol. The number of nitrogens with two attached hydrogens (primary N) is 1. The van der Waals surface area contributed by atoms with E-state index in [-0.39, 0.29) is 40.1 Å². The summed E-state index contributed by atoms with van der Waals surface area (Å²) in [6, 6.07) is 7.32. The highest BCUT2D eigenvalue weighted by Crippen LogP contribution is 2.45. The lowest BCUT2D eigenvalue weighted by Gasteiger charge is -2.33. The fourth-order valence-electron chi connectivity index (χ4n) is 6.02. The first-order valence-corrected chi connectivity index (χ1v) is 15.8. The smallest absolute Gasteiger partial charge is 0.387 e. The Kier molecular flexibility index (Phi) is 7.69. The average Bonchev–Trinajstić information content (AvgIpc) is 3.33. The minimum atomic E-state index is -3.11. The highest BCUT2D eigenvalue weighted by atomic mass is 32.1. The molecule has 15 heteroatoms. The van der Waals surface area contributed by atoms with Gasteiger partial charge in [0.1, 0.15) is 29.5 Å². The maximum atomic E-state index is 13.7. The molecule has 2 amide bonds. The number of fused-ring (bicyclic) bond motifs is 2. The number of halogens is 2. The van der Waals surface area contributed by atoms with Gasteiger partial charge in [-0.15, -0.1) is 11.3 Å². The van der Waals surface area contributed by atoms with Gasteiger partial charge in [-0.2, -0.15) is 19.1 Å². The number of nitrogens with one attached hydrogen (secondary N) is 1. The molecule has 238 valence electrons. The van der Waals surface area contributed by atoms with Crippen LogP contribution in [0.4, 0.5) is 14.5 Å². The molecule has 12 nitrogen and oxygen atoms in total. The lowest BCUT2D eigenvalue weighted by atomic mass is 10.0. The van der Waals surface area contributed by atoms with Crippen LogP contribution in [0, 0.1) is 16.7 Å². The number of allylic oxidation sites excluding steroid dienone is 1. The van der Waals surface area contributed by atoms with Crippen LogP contribution >= 0.6 is 11.3 Å². The maximum absolute atomic E-state index is 13.7. The standard InChI is InChI=1S/C31H31F2N9O3S/c32-30(33)45-23-12-19-13-25(29(35)44)46-24(19)14-21(23)28-22(41-11-4-26-36-7-1-8-42(26)41)15-40(38-28)16-27(43)39-9-2-20(3-10-39)37-18-31(17-34)5-6-31/h1,4,7-8,12-15,20,30,37H,2-3,5-6,9-11,16,18H2,(H2,35,44). The van der Waals surface area contributed by atoms with Crippen LogP contribution < -0.4 is 20.8 Å². The first-order valence-electron chi connectivity index (χ1n) is 15.0. The summed E-state index contributed by atoms with van der Waals surface area (Å²) in [4.78, 5) is 31.8. The molecule has 1 saturated carbocycles. The van der Waals surface area contributed by atoms with E-state index in [1.54, 1.807) is 30.6 Å². The third-order valence-electron chi connectivity index (χ3n) is 8.78. The van der Waals surface area contributed by atoms with E-state index < -0.39 is 12.5 Å². The molecule has 3 N–H and O–H groups in total. The van der Waals surface area contributed by atoms with Crippen LogP contribution in [0.3, 0.4) is 0 Å². The Morgan fingerprint density at radius 1 is 1.24 bits per heavy atom. The zero-order valence-corrected chi connectivity index (χ0v) is 25.6. The molecule has 5 heterocycles. The van der Waals surface area contributed by atoms with E-state index in [0.29, 0.717) is 53.5 Å². The van der Waals surface area contributed by atoms with E-state index in [0.717, 1.165) is 37.0 Å². The largest absolute Gasteiger partial charge is 0.434 e. The molecule has 2 fully saturated rings. The number of aliphatic imine (C=N–C) groups is 1. The van der Waals surface area contributed by atoms with Crippen LogP contribution in [0.2, 0.25) is 0 Å². The van der Waals surface area contributed by atoms with Gasteiger partial charge in [-0.1, -0.05) is 0 Å². The number of thiophene rings is 1. The van der Waals surface area contributed by atoms with Crippen molar-refractivity contribution in [2.24, 2.45) is 16.1 Å². The number of rotatable bonds is 10. The van der Waals surface area contributed by atoms with E-state index >= 15 is 0 Å². The topological polar surface area (TPSA) is 145 Å². The number of nitriles is 1. The van der Waals surface area contributed by atoms with Crippen molar-refractivity contribution in [3.63, 3.8) is 0 Å². The van der Waals surface area contributed by atoms with Crippen LogP contribution in [-0.4, -0.2) is 76.6 Å². The van der Waals surface area contributed by atoms with E-state index in [2.05, 4.69) is 16.4 Å². The zero-order valence-electron chi connectivity index (χ0n) is 24.7. The molecule has 1 aromatic carbocycles. The number of amides is 2. The Labute approximate surface area is 267 Å². The second-order valence-corrected chi connectivity index (χ2v) is 12.9. The molecule has 0 spiro atoms.